The molecule has 0 amide bonds. The second kappa shape index (κ2) is 10.3. The predicted octanol–water partition coefficient (Wildman–Crippen LogP) is 5.54. The molecule has 18 heavy (non-hydrogen) atoms. The highest BCUT2D eigenvalue weighted by molar-refractivity contribution is 5.77. The molecular formula is C17H32O. The number of allylic oxidation sites excluding steroid dienone is 1. The van der Waals surface area contributed by atoms with E-state index in [-0.39, 0.29) is 5.78 Å². The fraction of sp³-hybridized carbons (Fsp3) is 0.824. The van der Waals surface area contributed by atoms with Gasteiger partial charge in [0.2, 0.25) is 0 Å². The van der Waals surface area contributed by atoms with Crippen LogP contribution in [0.15, 0.2) is 12.2 Å². The number of hydrogen-bond donors (Lipinski definition) is 0. The summed E-state index contributed by atoms with van der Waals surface area (Å²) in [6, 6.07) is 0. The summed E-state index contributed by atoms with van der Waals surface area (Å²) in [5.74, 6) is 2.26. The quantitative estimate of drug-likeness (QED) is 0.587. The number of Topliss-reactive ketones (excluding diaryl/α,β-unsaturated/α-hetero) is 1. The number of hydrogen-bond acceptors (Lipinski definition) is 1. The van der Waals surface area contributed by atoms with Crippen molar-refractivity contribution in [2.24, 2.45) is 11.8 Å². The molecular weight excluding hydrogens is 220 g/mol. The molecule has 1 saturated carbocycles. The molecule has 1 heteroatoms. The van der Waals surface area contributed by atoms with Crippen LogP contribution >= 0.6 is 0 Å². The van der Waals surface area contributed by atoms with Gasteiger partial charge < -0.3 is 0 Å². The molecule has 0 aromatic carbocycles. The van der Waals surface area contributed by atoms with E-state index in [9.17, 15) is 4.79 Å². The molecule has 1 aliphatic carbocycles. The van der Waals surface area contributed by atoms with Crippen LogP contribution in [-0.4, -0.2) is 5.78 Å². The van der Waals surface area contributed by atoms with Crippen molar-refractivity contribution in [3.8, 4) is 0 Å². The lowest BCUT2D eigenvalue weighted by atomic mass is 9.84. The minimum atomic E-state index is 0.223. The zero-order valence-corrected chi connectivity index (χ0v) is 12.9. The van der Waals surface area contributed by atoms with E-state index < -0.39 is 0 Å². The monoisotopic (exact) mass is 252 g/mol. The van der Waals surface area contributed by atoms with Crippen molar-refractivity contribution in [1.29, 1.82) is 0 Å². The van der Waals surface area contributed by atoms with Crippen molar-refractivity contribution in [2.75, 3.05) is 0 Å². The molecule has 0 bridgehead atoms. The average Bonchev–Trinajstić information content (AvgIpc) is 2.30. The van der Waals surface area contributed by atoms with E-state index in [0.717, 1.165) is 30.3 Å². The highest BCUT2D eigenvalue weighted by Crippen LogP contribution is 2.27. The second-order valence-corrected chi connectivity index (χ2v) is 6.10. The lowest BCUT2D eigenvalue weighted by molar-refractivity contribution is -0.116. The van der Waals surface area contributed by atoms with Crippen LogP contribution in [0.3, 0.4) is 0 Å². The summed E-state index contributed by atoms with van der Waals surface area (Å²) in [5.41, 5.74) is 1.08. The molecule has 106 valence electrons. The van der Waals surface area contributed by atoms with E-state index in [1.54, 1.807) is 6.92 Å². The van der Waals surface area contributed by atoms with E-state index in [0.29, 0.717) is 6.42 Å². The first-order valence-corrected chi connectivity index (χ1v) is 7.61. The lowest BCUT2D eigenvalue weighted by Crippen LogP contribution is -2.08. The Hall–Kier alpha value is -0.590. The lowest BCUT2D eigenvalue weighted by Gasteiger charge is -2.22. The first kappa shape index (κ1) is 17.4. The van der Waals surface area contributed by atoms with E-state index >= 15 is 0 Å². The van der Waals surface area contributed by atoms with Crippen molar-refractivity contribution in [2.45, 2.75) is 79.1 Å². The van der Waals surface area contributed by atoms with Crippen LogP contribution in [0, 0.1) is 11.8 Å². The van der Waals surface area contributed by atoms with Gasteiger partial charge in [-0.05, 0) is 31.6 Å². The van der Waals surface area contributed by atoms with Crippen molar-refractivity contribution < 1.29 is 4.79 Å². The zero-order valence-electron chi connectivity index (χ0n) is 12.9. The summed E-state index contributed by atoms with van der Waals surface area (Å²) in [7, 11) is 0. The second-order valence-electron chi connectivity index (χ2n) is 6.10. The highest BCUT2D eigenvalue weighted by Gasteiger charge is 2.13. The molecule has 0 N–H and O–H groups in total. The van der Waals surface area contributed by atoms with Gasteiger partial charge >= 0.3 is 0 Å². The molecule has 1 rings (SSSR count). The molecule has 1 aliphatic rings. The summed E-state index contributed by atoms with van der Waals surface area (Å²) in [6.45, 7) is 12.3. The predicted molar refractivity (Wildman–Crippen MR) is 80.8 cm³/mol. The van der Waals surface area contributed by atoms with Crippen molar-refractivity contribution in [1.82, 2.24) is 0 Å². The Morgan fingerprint density at radius 3 is 1.89 bits per heavy atom. The van der Waals surface area contributed by atoms with Crippen LogP contribution in [0.4, 0.5) is 0 Å². The Bertz CT molecular complexity index is 224. The molecule has 0 atom stereocenters. The third-order valence-electron chi connectivity index (χ3n) is 3.69. The van der Waals surface area contributed by atoms with E-state index in [1.165, 1.54) is 32.1 Å². The van der Waals surface area contributed by atoms with Crippen LogP contribution in [0.2, 0.25) is 0 Å². The topological polar surface area (TPSA) is 17.1 Å². The van der Waals surface area contributed by atoms with Crippen LogP contribution in [0.5, 0.6) is 0 Å². The van der Waals surface area contributed by atoms with E-state index in [4.69, 9.17) is 0 Å². The smallest absolute Gasteiger partial charge is 0.133 e. The van der Waals surface area contributed by atoms with Crippen LogP contribution in [0.25, 0.3) is 0 Å². The molecule has 1 nitrogen and oxygen atoms in total. The van der Waals surface area contributed by atoms with Gasteiger partial charge in [0.1, 0.15) is 5.78 Å². The molecule has 0 unspecified atom stereocenters. The van der Waals surface area contributed by atoms with Gasteiger partial charge in [0.15, 0.2) is 0 Å². The van der Waals surface area contributed by atoms with Gasteiger partial charge in [-0.2, -0.15) is 0 Å². The number of carbonyl (C=O) groups excluding carboxylic acids is 1. The number of ketones is 1. The first-order valence-electron chi connectivity index (χ1n) is 7.61. The fourth-order valence-corrected chi connectivity index (χ4v) is 2.29. The van der Waals surface area contributed by atoms with Gasteiger partial charge in [0, 0.05) is 6.42 Å². The van der Waals surface area contributed by atoms with E-state index in [2.05, 4.69) is 27.4 Å². The van der Waals surface area contributed by atoms with Crippen molar-refractivity contribution in [3.05, 3.63) is 12.2 Å². The molecule has 0 aromatic heterocycles. The third kappa shape index (κ3) is 10.6. The third-order valence-corrected chi connectivity index (χ3v) is 3.69. The molecule has 0 saturated heterocycles. The Kier molecular flexibility index (Phi) is 10.0. The molecule has 0 aromatic rings. The van der Waals surface area contributed by atoms with E-state index in [1.807, 2.05) is 0 Å². The average molecular weight is 252 g/mol. The molecule has 0 heterocycles. The minimum absolute atomic E-state index is 0.223. The zero-order chi connectivity index (χ0) is 14.0. The van der Waals surface area contributed by atoms with Crippen LogP contribution < -0.4 is 0 Å². The molecule has 0 spiro atoms. The summed E-state index contributed by atoms with van der Waals surface area (Å²) >= 11 is 0. The van der Waals surface area contributed by atoms with Gasteiger partial charge in [-0.1, -0.05) is 65.0 Å². The summed E-state index contributed by atoms with van der Waals surface area (Å²) < 4.78 is 0. The van der Waals surface area contributed by atoms with Gasteiger partial charge in [-0.15, -0.1) is 0 Å². The largest absolute Gasteiger partial charge is 0.300 e. The summed E-state index contributed by atoms with van der Waals surface area (Å²) in [5, 5.41) is 0. The van der Waals surface area contributed by atoms with Gasteiger partial charge in [0.05, 0.1) is 0 Å². The van der Waals surface area contributed by atoms with Crippen molar-refractivity contribution >= 4 is 5.78 Å². The molecule has 0 aliphatic heterocycles. The normalized spacial score (nSPS) is 22.9. The fourth-order valence-electron chi connectivity index (χ4n) is 2.29. The van der Waals surface area contributed by atoms with Crippen molar-refractivity contribution in [3.63, 3.8) is 0 Å². The van der Waals surface area contributed by atoms with Crippen LogP contribution in [0.1, 0.15) is 79.1 Å². The summed E-state index contributed by atoms with van der Waals surface area (Å²) in [6.07, 6.45) is 9.81. The Balaban J connectivity index is 0.000000327. The Labute approximate surface area is 114 Å². The number of unbranched alkanes of at least 4 members (excludes halogenated alkanes) is 1. The van der Waals surface area contributed by atoms with Gasteiger partial charge in [-0.25, -0.2) is 0 Å². The Morgan fingerprint density at radius 1 is 1.11 bits per heavy atom. The van der Waals surface area contributed by atoms with Gasteiger partial charge in [-0.3, -0.25) is 4.79 Å². The number of rotatable bonds is 5. The maximum Gasteiger partial charge on any atom is 0.133 e. The van der Waals surface area contributed by atoms with Gasteiger partial charge in [0.25, 0.3) is 0 Å². The summed E-state index contributed by atoms with van der Waals surface area (Å²) in [4.78, 5) is 10.6. The standard InChI is InChI=1S/C9H16O.C8H16/c1-4-5-6-8(2)7-9(3)10;1-7-3-5-8(2)6-4-7/h2,4-7H2,1,3H3;7-8H,3-6H2,1-2H3. The van der Waals surface area contributed by atoms with Crippen LogP contribution in [-0.2, 0) is 4.79 Å². The highest BCUT2D eigenvalue weighted by atomic mass is 16.1. The maximum absolute atomic E-state index is 10.6. The number of carbonyl (C=O) groups is 1. The first-order chi connectivity index (χ1) is 8.45. The minimum Gasteiger partial charge on any atom is -0.300 e. The molecule has 1 fully saturated rings. The SMILES string of the molecule is C=C(CCCC)CC(C)=O.CC1CCC(C)CC1. The Morgan fingerprint density at radius 2 is 1.56 bits per heavy atom. The maximum atomic E-state index is 10.6. The molecule has 0 radical (unpaired) electrons.